The maximum absolute atomic E-state index is 11.3. The van der Waals surface area contributed by atoms with Gasteiger partial charge in [0.25, 0.3) is 0 Å². The zero-order valence-electron chi connectivity index (χ0n) is 15.8. The number of carbonyl (C=O) groups excluding carboxylic acids is 1. The van der Waals surface area contributed by atoms with E-state index in [1.807, 2.05) is 0 Å². The molecule has 1 aliphatic heterocycles. The van der Waals surface area contributed by atoms with Crippen molar-refractivity contribution in [3.63, 3.8) is 0 Å². The molecule has 27 heavy (non-hydrogen) atoms. The monoisotopic (exact) mass is 392 g/mol. The van der Waals surface area contributed by atoms with Gasteiger partial charge in [-0.05, 0) is 25.9 Å². The second-order valence-electron chi connectivity index (χ2n) is 5.89. The third kappa shape index (κ3) is 15.5. The highest BCUT2D eigenvalue weighted by Crippen LogP contribution is 2.06. The number of carboxylic acids is 1. The van der Waals surface area contributed by atoms with Gasteiger partial charge in [-0.2, -0.15) is 0 Å². The predicted octanol–water partition coefficient (Wildman–Crippen LogP) is -0.978. The summed E-state index contributed by atoms with van der Waals surface area (Å²) in [5.41, 5.74) is 0. The summed E-state index contributed by atoms with van der Waals surface area (Å²) in [6.07, 6.45) is 2.47. The highest BCUT2D eigenvalue weighted by Gasteiger charge is 2.12. The van der Waals surface area contributed by atoms with Gasteiger partial charge in [-0.3, -0.25) is 4.79 Å². The second-order valence-corrected chi connectivity index (χ2v) is 5.89. The first kappa shape index (κ1) is 23.7. The molecule has 0 aliphatic carbocycles. The van der Waals surface area contributed by atoms with Gasteiger partial charge in [-0.15, -0.1) is 0 Å². The Morgan fingerprint density at radius 1 is 0.852 bits per heavy atom. The molecule has 1 fully saturated rings. The van der Waals surface area contributed by atoms with E-state index in [1.165, 1.54) is 0 Å². The standard InChI is InChI=1S/C17H32N2O8/c20-16(13-26-14-17(21)22)19-5-6-23-7-8-24-9-10-25-11-12-27-15-1-3-18-4-2-15/h15,18H,1-14H2,(H,19,20)(H,21,22). The second kappa shape index (κ2) is 16.8. The number of amides is 1. The Labute approximate surface area is 159 Å². The lowest BCUT2D eigenvalue weighted by Gasteiger charge is -2.22. The number of ether oxygens (including phenoxy) is 5. The number of hydrogen-bond donors (Lipinski definition) is 3. The predicted molar refractivity (Wildman–Crippen MR) is 95.8 cm³/mol. The Bertz CT molecular complexity index is 391. The van der Waals surface area contributed by atoms with E-state index in [1.54, 1.807) is 0 Å². The largest absolute Gasteiger partial charge is 0.480 e. The van der Waals surface area contributed by atoms with Crippen molar-refractivity contribution in [3.05, 3.63) is 0 Å². The number of nitrogens with one attached hydrogen (secondary N) is 2. The first-order valence-corrected chi connectivity index (χ1v) is 9.30. The summed E-state index contributed by atoms with van der Waals surface area (Å²) < 4.78 is 26.5. The van der Waals surface area contributed by atoms with E-state index in [-0.39, 0.29) is 12.5 Å². The minimum Gasteiger partial charge on any atom is -0.480 e. The van der Waals surface area contributed by atoms with Gasteiger partial charge in [0, 0.05) is 6.54 Å². The van der Waals surface area contributed by atoms with Crippen LogP contribution in [0.2, 0.25) is 0 Å². The van der Waals surface area contributed by atoms with Gasteiger partial charge in [-0.25, -0.2) is 4.79 Å². The molecule has 0 aromatic heterocycles. The molecular formula is C17H32N2O8. The minimum absolute atomic E-state index is 0.279. The molecule has 10 nitrogen and oxygen atoms in total. The van der Waals surface area contributed by atoms with Gasteiger partial charge < -0.3 is 39.4 Å². The van der Waals surface area contributed by atoms with Crippen LogP contribution >= 0.6 is 0 Å². The van der Waals surface area contributed by atoms with Crippen molar-refractivity contribution in [1.82, 2.24) is 10.6 Å². The number of aliphatic carboxylic acids is 1. The molecule has 0 saturated carbocycles. The van der Waals surface area contributed by atoms with Crippen LogP contribution in [-0.4, -0.2) is 102 Å². The van der Waals surface area contributed by atoms with Crippen LogP contribution in [0.4, 0.5) is 0 Å². The minimum atomic E-state index is -1.11. The lowest BCUT2D eigenvalue weighted by atomic mass is 10.1. The first-order chi connectivity index (χ1) is 13.2. The van der Waals surface area contributed by atoms with Crippen molar-refractivity contribution in [2.75, 3.05) is 79.1 Å². The molecule has 0 bridgehead atoms. The number of piperidine rings is 1. The molecule has 3 N–H and O–H groups in total. The highest BCUT2D eigenvalue weighted by molar-refractivity contribution is 5.77. The molecule has 1 amide bonds. The van der Waals surface area contributed by atoms with Gasteiger partial charge in [0.15, 0.2) is 0 Å². The molecule has 10 heteroatoms. The van der Waals surface area contributed by atoms with E-state index in [0.717, 1.165) is 25.9 Å². The molecule has 1 heterocycles. The van der Waals surface area contributed by atoms with Crippen LogP contribution in [0.5, 0.6) is 0 Å². The van der Waals surface area contributed by atoms with Crippen LogP contribution in [-0.2, 0) is 33.3 Å². The van der Waals surface area contributed by atoms with E-state index in [0.29, 0.717) is 58.9 Å². The van der Waals surface area contributed by atoms with E-state index >= 15 is 0 Å². The molecule has 0 spiro atoms. The summed E-state index contributed by atoms with van der Waals surface area (Å²) in [5, 5.41) is 14.2. The van der Waals surface area contributed by atoms with Gasteiger partial charge >= 0.3 is 5.97 Å². The molecule has 0 unspecified atom stereocenters. The molecule has 1 aliphatic rings. The fourth-order valence-electron chi connectivity index (χ4n) is 2.32. The number of carbonyl (C=O) groups is 2. The molecule has 0 radical (unpaired) electrons. The lowest BCUT2D eigenvalue weighted by molar-refractivity contribution is -0.143. The van der Waals surface area contributed by atoms with Crippen LogP contribution in [0.3, 0.4) is 0 Å². The summed E-state index contributed by atoms with van der Waals surface area (Å²) in [5.74, 6) is -1.49. The van der Waals surface area contributed by atoms with E-state index in [9.17, 15) is 9.59 Å². The summed E-state index contributed by atoms with van der Waals surface area (Å²) in [7, 11) is 0. The SMILES string of the molecule is O=C(O)COCC(=O)NCCOCCOCCOCCOC1CCNCC1. The molecule has 0 aromatic carbocycles. The maximum Gasteiger partial charge on any atom is 0.329 e. The van der Waals surface area contributed by atoms with Crippen LogP contribution in [0.1, 0.15) is 12.8 Å². The smallest absolute Gasteiger partial charge is 0.329 e. The lowest BCUT2D eigenvalue weighted by Crippen LogP contribution is -2.33. The summed E-state index contributed by atoms with van der Waals surface area (Å²) in [6, 6.07) is 0. The van der Waals surface area contributed by atoms with Gasteiger partial charge in [0.05, 0.1) is 52.4 Å². The third-order valence-corrected chi connectivity index (χ3v) is 3.64. The van der Waals surface area contributed by atoms with Crippen LogP contribution in [0, 0.1) is 0 Å². The molecule has 158 valence electrons. The van der Waals surface area contributed by atoms with Gasteiger partial charge in [0.2, 0.25) is 5.91 Å². The molecule has 0 atom stereocenters. The van der Waals surface area contributed by atoms with Crippen molar-refractivity contribution in [1.29, 1.82) is 0 Å². The Morgan fingerprint density at radius 3 is 2.07 bits per heavy atom. The first-order valence-electron chi connectivity index (χ1n) is 9.30. The van der Waals surface area contributed by atoms with Crippen molar-refractivity contribution < 1.29 is 38.4 Å². The fourth-order valence-corrected chi connectivity index (χ4v) is 2.32. The molecule has 1 saturated heterocycles. The van der Waals surface area contributed by atoms with Crippen molar-refractivity contribution in [3.8, 4) is 0 Å². The van der Waals surface area contributed by atoms with Crippen LogP contribution in [0.15, 0.2) is 0 Å². The number of rotatable bonds is 17. The summed E-state index contributed by atoms with van der Waals surface area (Å²) in [4.78, 5) is 21.5. The van der Waals surface area contributed by atoms with Crippen molar-refractivity contribution in [2.24, 2.45) is 0 Å². The maximum atomic E-state index is 11.3. The van der Waals surface area contributed by atoms with Crippen LogP contribution in [0.25, 0.3) is 0 Å². The fraction of sp³-hybridized carbons (Fsp3) is 0.882. The van der Waals surface area contributed by atoms with Gasteiger partial charge in [-0.1, -0.05) is 0 Å². The third-order valence-electron chi connectivity index (χ3n) is 3.64. The average molecular weight is 392 g/mol. The zero-order valence-corrected chi connectivity index (χ0v) is 15.8. The Kier molecular flexibility index (Phi) is 14.8. The normalized spacial score (nSPS) is 15.0. The molecular weight excluding hydrogens is 360 g/mol. The summed E-state index contributed by atoms with van der Waals surface area (Å²) in [6.45, 7) is 5.01. The number of hydrogen-bond acceptors (Lipinski definition) is 8. The number of carboxylic acid groups (broad SMARTS) is 1. The topological polar surface area (TPSA) is 125 Å². The van der Waals surface area contributed by atoms with E-state index < -0.39 is 12.6 Å². The Morgan fingerprint density at radius 2 is 1.44 bits per heavy atom. The zero-order chi connectivity index (χ0) is 19.6. The Balaban J connectivity index is 1.72. The Hall–Kier alpha value is -1.30. The quantitative estimate of drug-likeness (QED) is 0.268. The van der Waals surface area contributed by atoms with E-state index in [4.69, 9.17) is 24.1 Å². The highest BCUT2D eigenvalue weighted by atomic mass is 16.6. The van der Waals surface area contributed by atoms with Crippen molar-refractivity contribution >= 4 is 11.9 Å². The van der Waals surface area contributed by atoms with Crippen LogP contribution < -0.4 is 10.6 Å². The van der Waals surface area contributed by atoms with E-state index in [2.05, 4.69) is 15.4 Å². The molecule has 0 aromatic rings. The van der Waals surface area contributed by atoms with Crippen molar-refractivity contribution in [2.45, 2.75) is 18.9 Å². The average Bonchev–Trinajstić information content (AvgIpc) is 2.66. The van der Waals surface area contributed by atoms with Gasteiger partial charge in [0.1, 0.15) is 13.2 Å². The summed E-state index contributed by atoms with van der Waals surface area (Å²) >= 11 is 0. The molecule has 1 rings (SSSR count).